The zero-order valence-corrected chi connectivity index (χ0v) is 14.9. The molecule has 4 amide bonds. The van der Waals surface area contributed by atoms with Crippen LogP contribution in [-0.2, 0) is 16.0 Å². The van der Waals surface area contributed by atoms with Crippen LogP contribution in [0.4, 0.5) is 4.79 Å². The molecule has 2 aliphatic heterocycles. The van der Waals surface area contributed by atoms with E-state index in [0.29, 0.717) is 19.4 Å². The Morgan fingerprint density at radius 2 is 1.85 bits per heavy atom. The highest BCUT2D eigenvalue weighted by atomic mass is 16.2. The van der Waals surface area contributed by atoms with E-state index in [4.69, 9.17) is 0 Å². The van der Waals surface area contributed by atoms with Gasteiger partial charge in [-0.15, -0.1) is 0 Å². The van der Waals surface area contributed by atoms with Gasteiger partial charge in [-0.3, -0.25) is 14.5 Å². The summed E-state index contributed by atoms with van der Waals surface area (Å²) in [5, 5.41) is 2.84. The molecule has 1 aliphatic carbocycles. The largest absolute Gasteiger partial charge is 0.338 e. The molecule has 1 N–H and O–H groups in total. The molecule has 0 aromatic heterocycles. The second-order valence-electron chi connectivity index (χ2n) is 7.68. The lowest BCUT2D eigenvalue weighted by atomic mass is 9.98. The number of benzene rings is 1. The number of nitrogens with one attached hydrogen (secondary N) is 1. The van der Waals surface area contributed by atoms with Gasteiger partial charge < -0.3 is 10.2 Å². The summed E-state index contributed by atoms with van der Waals surface area (Å²) >= 11 is 0. The van der Waals surface area contributed by atoms with Crippen LogP contribution in [0.3, 0.4) is 0 Å². The van der Waals surface area contributed by atoms with Crippen LogP contribution < -0.4 is 5.32 Å². The van der Waals surface area contributed by atoms with Crippen LogP contribution in [0.25, 0.3) is 0 Å². The van der Waals surface area contributed by atoms with E-state index in [9.17, 15) is 14.4 Å². The second kappa shape index (κ2) is 6.74. The number of urea groups is 1. The molecular formula is C20H25N3O3. The fraction of sp³-hybridized carbons (Fsp3) is 0.550. The second-order valence-corrected chi connectivity index (χ2v) is 7.68. The Morgan fingerprint density at radius 3 is 2.58 bits per heavy atom. The van der Waals surface area contributed by atoms with Gasteiger partial charge in [0.05, 0.1) is 0 Å². The van der Waals surface area contributed by atoms with Crippen LogP contribution >= 0.6 is 0 Å². The number of carbonyl (C=O) groups excluding carboxylic acids is 3. The first-order valence-electron chi connectivity index (χ1n) is 9.57. The molecule has 1 spiro atoms. The Bertz CT molecular complexity index is 712. The standard InChI is InChI=1S/C20H25N3O3/c24-17(14-23-18(25)20(21-19(23)26)10-4-5-11-20)22-12-6-9-16(22)13-15-7-2-1-3-8-15/h1-3,7-8,16H,4-6,9-14H2,(H,21,26)/t16-/m0/s1. The van der Waals surface area contributed by atoms with Gasteiger partial charge in [-0.2, -0.15) is 0 Å². The summed E-state index contributed by atoms with van der Waals surface area (Å²) in [6.45, 7) is 0.558. The summed E-state index contributed by atoms with van der Waals surface area (Å²) in [6.07, 6.45) is 6.00. The van der Waals surface area contributed by atoms with Crippen molar-refractivity contribution < 1.29 is 14.4 Å². The summed E-state index contributed by atoms with van der Waals surface area (Å²) in [5.74, 6) is -0.339. The van der Waals surface area contributed by atoms with Crippen LogP contribution in [0.2, 0.25) is 0 Å². The van der Waals surface area contributed by atoms with Gasteiger partial charge in [0, 0.05) is 12.6 Å². The Kier molecular flexibility index (Phi) is 4.42. The van der Waals surface area contributed by atoms with Crippen LogP contribution in [0, 0.1) is 0 Å². The van der Waals surface area contributed by atoms with Crippen molar-refractivity contribution in [3.8, 4) is 0 Å². The third-order valence-electron chi connectivity index (χ3n) is 6.01. The lowest BCUT2D eigenvalue weighted by Gasteiger charge is -2.27. The van der Waals surface area contributed by atoms with Crippen LogP contribution in [-0.4, -0.2) is 52.3 Å². The third kappa shape index (κ3) is 2.97. The Morgan fingerprint density at radius 1 is 1.12 bits per heavy atom. The zero-order chi connectivity index (χ0) is 18.1. The molecule has 1 aromatic carbocycles. The maximum atomic E-state index is 12.8. The normalized spacial score (nSPS) is 24.5. The summed E-state index contributed by atoms with van der Waals surface area (Å²) in [7, 11) is 0. The van der Waals surface area contributed by atoms with Crippen molar-refractivity contribution in [2.24, 2.45) is 0 Å². The van der Waals surface area contributed by atoms with E-state index in [1.54, 1.807) is 0 Å². The molecule has 3 aliphatic rings. The van der Waals surface area contributed by atoms with Gasteiger partial charge in [0.2, 0.25) is 5.91 Å². The molecule has 2 saturated heterocycles. The van der Waals surface area contributed by atoms with E-state index < -0.39 is 11.6 Å². The molecule has 6 nitrogen and oxygen atoms in total. The first kappa shape index (κ1) is 17.1. The molecule has 138 valence electrons. The molecule has 1 saturated carbocycles. The average molecular weight is 355 g/mol. The maximum absolute atomic E-state index is 12.8. The van der Waals surface area contributed by atoms with E-state index in [2.05, 4.69) is 17.4 Å². The van der Waals surface area contributed by atoms with E-state index >= 15 is 0 Å². The lowest BCUT2D eigenvalue weighted by Crippen LogP contribution is -2.47. The predicted octanol–water partition coefficient (Wildman–Crippen LogP) is 2.08. The number of imide groups is 1. The van der Waals surface area contributed by atoms with Crippen molar-refractivity contribution in [2.75, 3.05) is 13.1 Å². The smallest absolute Gasteiger partial charge is 0.325 e. The van der Waals surface area contributed by atoms with Crippen molar-refractivity contribution >= 4 is 17.8 Å². The number of carbonyl (C=O) groups is 3. The Balaban J connectivity index is 1.42. The highest BCUT2D eigenvalue weighted by Gasteiger charge is 2.53. The highest BCUT2D eigenvalue weighted by molar-refractivity contribution is 6.09. The predicted molar refractivity (Wildman–Crippen MR) is 96.3 cm³/mol. The van der Waals surface area contributed by atoms with Crippen molar-refractivity contribution in [2.45, 2.75) is 56.5 Å². The topological polar surface area (TPSA) is 69.7 Å². The minimum Gasteiger partial charge on any atom is -0.338 e. The van der Waals surface area contributed by atoms with Gasteiger partial charge in [0.25, 0.3) is 5.91 Å². The molecule has 1 atom stereocenters. The molecule has 0 unspecified atom stereocenters. The fourth-order valence-electron chi connectivity index (χ4n) is 4.63. The van der Waals surface area contributed by atoms with Crippen molar-refractivity contribution in [3.05, 3.63) is 35.9 Å². The minimum absolute atomic E-state index is 0.123. The van der Waals surface area contributed by atoms with Gasteiger partial charge in [-0.25, -0.2) is 4.79 Å². The SMILES string of the molecule is O=C1NC2(CCCC2)C(=O)N1CC(=O)N1CCC[C@H]1Cc1ccccc1. The van der Waals surface area contributed by atoms with E-state index in [1.165, 1.54) is 5.56 Å². The van der Waals surface area contributed by atoms with Gasteiger partial charge in [0.15, 0.2) is 0 Å². The number of amides is 4. The molecule has 0 bridgehead atoms. The molecule has 1 aromatic rings. The molecule has 0 radical (unpaired) electrons. The summed E-state index contributed by atoms with van der Waals surface area (Å²) < 4.78 is 0. The van der Waals surface area contributed by atoms with Gasteiger partial charge >= 0.3 is 6.03 Å². The number of rotatable bonds is 4. The maximum Gasteiger partial charge on any atom is 0.325 e. The van der Waals surface area contributed by atoms with Crippen molar-refractivity contribution in [3.63, 3.8) is 0 Å². The summed E-state index contributed by atoms with van der Waals surface area (Å²) in [4.78, 5) is 40.9. The third-order valence-corrected chi connectivity index (χ3v) is 6.01. The molecular weight excluding hydrogens is 330 g/mol. The van der Waals surface area contributed by atoms with Crippen molar-refractivity contribution in [1.29, 1.82) is 0 Å². The van der Waals surface area contributed by atoms with Crippen molar-refractivity contribution in [1.82, 2.24) is 15.1 Å². The van der Waals surface area contributed by atoms with Gasteiger partial charge in [-0.05, 0) is 37.7 Å². The molecule has 26 heavy (non-hydrogen) atoms. The molecule has 4 rings (SSSR count). The van der Waals surface area contributed by atoms with Crippen LogP contribution in [0.1, 0.15) is 44.1 Å². The van der Waals surface area contributed by atoms with E-state index in [-0.39, 0.29) is 24.4 Å². The fourth-order valence-corrected chi connectivity index (χ4v) is 4.63. The highest BCUT2D eigenvalue weighted by Crippen LogP contribution is 2.35. The van der Waals surface area contributed by atoms with E-state index in [1.807, 2.05) is 23.1 Å². The summed E-state index contributed by atoms with van der Waals surface area (Å²) in [5.41, 5.74) is 0.461. The van der Waals surface area contributed by atoms with Crippen LogP contribution in [0.15, 0.2) is 30.3 Å². The first-order chi connectivity index (χ1) is 12.6. The Hall–Kier alpha value is -2.37. The number of hydrogen-bond acceptors (Lipinski definition) is 3. The number of hydrogen-bond donors (Lipinski definition) is 1. The average Bonchev–Trinajstić information content (AvgIpc) is 3.34. The quantitative estimate of drug-likeness (QED) is 0.841. The lowest BCUT2D eigenvalue weighted by molar-refractivity contribution is -0.139. The molecule has 2 heterocycles. The molecule has 6 heteroatoms. The first-order valence-corrected chi connectivity index (χ1v) is 9.57. The number of likely N-dealkylation sites (tertiary alicyclic amines) is 1. The number of nitrogens with zero attached hydrogens (tertiary/aromatic N) is 2. The monoisotopic (exact) mass is 355 g/mol. The Labute approximate surface area is 153 Å². The molecule has 3 fully saturated rings. The minimum atomic E-state index is -0.744. The van der Waals surface area contributed by atoms with Gasteiger partial charge in [0.1, 0.15) is 12.1 Å². The van der Waals surface area contributed by atoms with E-state index in [0.717, 1.165) is 37.0 Å². The van der Waals surface area contributed by atoms with Crippen LogP contribution in [0.5, 0.6) is 0 Å². The summed E-state index contributed by atoms with van der Waals surface area (Å²) in [6, 6.07) is 9.87. The zero-order valence-electron chi connectivity index (χ0n) is 14.9. The van der Waals surface area contributed by atoms with Gasteiger partial charge in [-0.1, -0.05) is 43.2 Å².